The molecule has 2 aromatic rings. The topological polar surface area (TPSA) is 59.4 Å². The Hall–Kier alpha value is -2.20. The molecule has 0 fully saturated rings. The van der Waals surface area contributed by atoms with Gasteiger partial charge in [-0.05, 0) is 24.3 Å². The first-order chi connectivity index (χ1) is 8.33. The number of aromatic nitrogens is 1. The van der Waals surface area contributed by atoms with Crippen molar-refractivity contribution in [3.8, 4) is 11.5 Å². The predicted molar refractivity (Wildman–Crippen MR) is 62.1 cm³/mol. The van der Waals surface area contributed by atoms with E-state index in [0.29, 0.717) is 23.5 Å². The van der Waals surface area contributed by atoms with Crippen LogP contribution in [0.25, 0.3) is 0 Å². The SMILES string of the molecule is O=Cc1ccc(Oc2ccccc2)c(CO)n1. The standard InChI is InChI=1S/C13H11NO3/c15-8-10-6-7-13(12(9-16)14-10)17-11-4-2-1-3-5-11/h1-8,16H,9H2. The fraction of sp³-hybridized carbons (Fsp3) is 0.0769. The molecule has 1 N–H and O–H groups in total. The molecular formula is C13H11NO3. The van der Waals surface area contributed by atoms with Gasteiger partial charge in [0, 0.05) is 0 Å². The highest BCUT2D eigenvalue weighted by atomic mass is 16.5. The highest BCUT2D eigenvalue weighted by molar-refractivity contribution is 5.72. The number of rotatable bonds is 4. The lowest BCUT2D eigenvalue weighted by Gasteiger charge is -2.08. The average molecular weight is 229 g/mol. The summed E-state index contributed by atoms with van der Waals surface area (Å²) < 4.78 is 5.56. The maximum absolute atomic E-state index is 10.6. The van der Waals surface area contributed by atoms with Gasteiger partial charge >= 0.3 is 0 Å². The Kier molecular flexibility index (Phi) is 3.47. The van der Waals surface area contributed by atoms with E-state index in [1.165, 1.54) is 0 Å². The number of aldehydes is 1. The lowest BCUT2D eigenvalue weighted by atomic mass is 10.3. The molecule has 0 radical (unpaired) electrons. The van der Waals surface area contributed by atoms with E-state index in [1.54, 1.807) is 24.3 Å². The Balaban J connectivity index is 2.29. The van der Waals surface area contributed by atoms with Crippen LogP contribution >= 0.6 is 0 Å². The number of carbonyl (C=O) groups excluding carboxylic acids is 1. The van der Waals surface area contributed by atoms with E-state index in [4.69, 9.17) is 9.84 Å². The van der Waals surface area contributed by atoms with Crippen molar-refractivity contribution in [2.45, 2.75) is 6.61 Å². The number of aliphatic hydroxyl groups excluding tert-OH is 1. The fourth-order valence-electron chi connectivity index (χ4n) is 1.39. The summed E-state index contributed by atoms with van der Waals surface area (Å²) in [4.78, 5) is 14.5. The van der Waals surface area contributed by atoms with Crippen molar-refractivity contribution in [3.63, 3.8) is 0 Å². The van der Waals surface area contributed by atoms with Crippen molar-refractivity contribution in [1.82, 2.24) is 4.98 Å². The van der Waals surface area contributed by atoms with Crippen LogP contribution in [0.5, 0.6) is 11.5 Å². The number of ether oxygens (including phenoxy) is 1. The molecule has 1 aromatic carbocycles. The summed E-state index contributed by atoms with van der Waals surface area (Å²) in [5.41, 5.74) is 0.618. The molecule has 4 nitrogen and oxygen atoms in total. The zero-order valence-corrected chi connectivity index (χ0v) is 9.04. The third-order valence-electron chi connectivity index (χ3n) is 2.20. The van der Waals surface area contributed by atoms with Crippen LogP contribution < -0.4 is 4.74 Å². The second-order valence-electron chi connectivity index (χ2n) is 3.37. The first-order valence-corrected chi connectivity index (χ1v) is 5.12. The van der Waals surface area contributed by atoms with E-state index >= 15 is 0 Å². The van der Waals surface area contributed by atoms with Crippen molar-refractivity contribution in [1.29, 1.82) is 0 Å². The summed E-state index contributed by atoms with van der Waals surface area (Å²) in [6.45, 7) is -0.274. The molecule has 0 spiro atoms. The van der Waals surface area contributed by atoms with Crippen molar-refractivity contribution in [2.75, 3.05) is 0 Å². The Labute approximate surface area is 98.5 Å². The summed E-state index contributed by atoms with van der Waals surface area (Å²) >= 11 is 0. The molecule has 1 aromatic heterocycles. The fourth-order valence-corrected chi connectivity index (χ4v) is 1.39. The minimum absolute atomic E-state index is 0.273. The van der Waals surface area contributed by atoms with Gasteiger partial charge in [0.1, 0.15) is 17.1 Å². The van der Waals surface area contributed by atoms with E-state index in [2.05, 4.69) is 4.98 Å². The predicted octanol–water partition coefficient (Wildman–Crippen LogP) is 2.18. The van der Waals surface area contributed by atoms with Crippen molar-refractivity contribution in [2.24, 2.45) is 0 Å². The van der Waals surface area contributed by atoms with E-state index in [1.807, 2.05) is 18.2 Å². The molecule has 2 rings (SSSR count). The summed E-state index contributed by atoms with van der Waals surface area (Å²) in [6, 6.07) is 12.3. The van der Waals surface area contributed by atoms with Gasteiger partial charge in [0.05, 0.1) is 6.61 Å². The minimum atomic E-state index is -0.274. The maximum Gasteiger partial charge on any atom is 0.168 e. The highest BCUT2D eigenvalue weighted by Crippen LogP contribution is 2.24. The lowest BCUT2D eigenvalue weighted by Crippen LogP contribution is -1.98. The molecule has 0 atom stereocenters. The highest BCUT2D eigenvalue weighted by Gasteiger charge is 2.06. The van der Waals surface area contributed by atoms with Gasteiger partial charge in [-0.15, -0.1) is 0 Å². The van der Waals surface area contributed by atoms with E-state index < -0.39 is 0 Å². The third kappa shape index (κ3) is 2.68. The second kappa shape index (κ2) is 5.23. The Bertz CT molecular complexity index is 511. The van der Waals surface area contributed by atoms with Gasteiger partial charge in [0.25, 0.3) is 0 Å². The molecular weight excluding hydrogens is 218 g/mol. The Morgan fingerprint density at radius 3 is 2.59 bits per heavy atom. The van der Waals surface area contributed by atoms with Crippen LogP contribution in [0.4, 0.5) is 0 Å². The van der Waals surface area contributed by atoms with E-state index in [0.717, 1.165) is 0 Å². The van der Waals surface area contributed by atoms with Gasteiger partial charge in [-0.3, -0.25) is 4.79 Å². The molecule has 0 saturated carbocycles. The largest absolute Gasteiger partial charge is 0.455 e. The molecule has 4 heteroatoms. The smallest absolute Gasteiger partial charge is 0.168 e. The van der Waals surface area contributed by atoms with Gasteiger partial charge < -0.3 is 9.84 Å². The van der Waals surface area contributed by atoms with Crippen LogP contribution in [0.15, 0.2) is 42.5 Å². The number of hydrogen-bond acceptors (Lipinski definition) is 4. The molecule has 0 amide bonds. The van der Waals surface area contributed by atoms with Gasteiger partial charge in [0.15, 0.2) is 12.0 Å². The second-order valence-corrected chi connectivity index (χ2v) is 3.37. The maximum atomic E-state index is 10.6. The summed E-state index contributed by atoms with van der Waals surface area (Å²) in [5.74, 6) is 1.10. The minimum Gasteiger partial charge on any atom is -0.455 e. The molecule has 0 saturated heterocycles. The van der Waals surface area contributed by atoms with Gasteiger partial charge in [-0.1, -0.05) is 18.2 Å². The van der Waals surface area contributed by atoms with E-state index in [9.17, 15) is 4.79 Å². The lowest BCUT2D eigenvalue weighted by molar-refractivity contribution is 0.111. The number of benzene rings is 1. The molecule has 0 aliphatic heterocycles. The zero-order chi connectivity index (χ0) is 12.1. The number of carbonyl (C=O) groups is 1. The van der Waals surface area contributed by atoms with E-state index in [-0.39, 0.29) is 12.3 Å². The first-order valence-electron chi connectivity index (χ1n) is 5.12. The number of aliphatic hydroxyl groups is 1. The van der Waals surface area contributed by atoms with Crippen LogP contribution in [0.3, 0.4) is 0 Å². The van der Waals surface area contributed by atoms with Crippen LogP contribution in [-0.4, -0.2) is 16.4 Å². The van der Waals surface area contributed by atoms with Gasteiger partial charge in [0.2, 0.25) is 0 Å². The number of nitrogens with zero attached hydrogens (tertiary/aromatic N) is 1. The number of para-hydroxylation sites is 1. The molecule has 1 heterocycles. The average Bonchev–Trinajstić information content (AvgIpc) is 2.40. The molecule has 17 heavy (non-hydrogen) atoms. The Morgan fingerprint density at radius 1 is 1.18 bits per heavy atom. The summed E-state index contributed by atoms with van der Waals surface area (Å²) in [6.07, 6.45) is 0.630. The molecule has 0 aliphatic rings. The number of pyridine rings is 1. The normalized spacial score (nSPS) is 9.94. The Morgan fingerprint density at radius 2 is 1.94 bits per heavy atom. The van der Waals surface area contributed by atoms with Crippen molar-refractivity contribution >= 4 is 6.29 Å². The van der Waals surface area contributed by atoms with Crippen molar-refractivity contribution in [3.05, 3.63) is 53.9 Å². The molecule has 0 bridgehead atoms. The number of hydrogen-bond donors (Lipinski definition) is 1. The molecule has 86 valence electrons. The zero-order valence-electron chi connectivity index (χ0n) is 9.04. The van der Waals surface area contributed by atoms with Crippen LogP contribution in [0.2, 0.25) is 0 Å². The van der Waals surface area contributed by atoms with Gasteiger partial charge in [-0.2, -0.15) is 0 Å². The third-order valence-corrected chi connectivity index (χ3v) is 2.20. The molecule has 0 unspecified atom stereocenters. The molecule has 0 aliphatic carbocycles. The quantitative estimate of drug-likeness (QED) is 0.816. The van der Waals surface area contributed by atoms with Gasteiger partial charge in [-0.25, -0.2) is 4.98 Å². The van der Waals surface area contributed by atoms with Crippen LogP contribution in [-0.2, 0) is 6.61 Å². The van der Waals surface area contributed by atoms with Crippen molar-refractivity contribution < 1.29 is 14.6 Å². The van der Waals surface area contributed by atoms with Crippen LogP contribution in [0, 0.1) is 0 Å². The summed E-state index contributed by atoms with van der Waals surface area (Å²) in [7, 11) is 0. The first kappa shape index (κ1) is 11.3. The van der Waals surface area contributed by atoms with Crippen LogP contribution in [0.1, 0.15) is 16.2 Å². The summed E-state index contributed by atoms with van der Waals surface area (Å²) in [5, 5.41) is 9.16. The monoisotopic (exact) mass is 229 g/mol.